The Morgan fingerprint density at radius 1 is 1.57 bits per heavy atom. The van der Waals surface area contributed by atoms with Crippen molar-refractivity contribution in [3.05, 3.63) is 36.1 Å². The Balaban J connectivity index is 2.47. The van der Waals surface area contributed by atoms with Crippen molar-refractivity contribution in [1.29, 1.82) is 0 Å². The molecule has 0 spiro atoms. The smallest absolute Gasteiger partial charge is 0.191 e. The Morgan fingerprint density at radius 3 is 3.14 bits per heavy atom. The third-order valence-corrected chi connectivity index (χ3v) is 1.72. The summed E-state index contributed by atoms with van der Waals surface area (Å²) < 4.78 is 39.6. The molecule has 0 bridgehead atoms. The van der Waals surface area contributed by atoms with Gasteiger partial charge in [0, 0.05) is 11.0 Å². The normalized spacial score (nSPS) is 14.5. The van der Waals surface area contributed by atoms with E-state index in [4.69, 9.17) is 8.53 Å². The van der Waals surface area contributed by atoms with E-state index in [1.165, 1.54) is 6.07 Å². The molecule has 1 aromatic carbocycles. The molecule has 0 saturated heterocycles. The van der Waals surface area contributed by atoms with Crippen molar-refractivity contribution in [1.82, 2.24) is 4.98 Å². The van der Waals surface area contributed by atoms with Crippen molar-refractivity contribution >= 4 is 0 Å². The monoisotopic (exact) mass is 196 g/mol. The quantitative estimate of drug-likeness (QED) is 0.762. The van der Waals surface area contributed by atoms with Crippen LogP contribution in [0, 0.1) is 12.7 Å². The first-order chi connectivity index (χ1) is 7.88. The number of nitrogens with zero attached hydrogens (tertiary/aromatic N) is 1. The van der Waals surface area contributed by atoms with Gasteiger partial charge in [-0.25, -0.2) is 9.37 Å². The first kappa shape index (κ1) is 5.80. The number of halogens is 1. The van der Waals surface area contributed by atoms with E-state index in [1.807, 2.05) is 0 Å². The molecule has 4 heteroatoms. The number of rotatable bonds is 1. The highest BCUT2D eigenvalue weighted by atomic mass is 19.1. The van der Waals surface area contributed by atoms with Gasteiger partial charge in [-0.15, -0.1) is 0 Å². The van der Waals surface area contributed by atoms with Crippen molar-refractivity contribution in [2.24, 2.45) is 0 Å². The maximum atomic E-state index is 13.4. The van der Waals surface area contributed by atoms with Gasteiger partial charge in [-0.05, 0) is 18.2 Å². The van der Waals surface area contributed by atoms with E-state index in [-0.39, 0.29) is 17.1 Å². The lowest BCUT2D eigenvalue weighted by atomic mass is 10.1. The largest absolute Gasteiger partial charge is 0.508 e. The van der Waals surface area contributed by atoms with Crippen LogP contribution in [0.5, 0.6) is 5.75 Å². The molecule has 2 aromatic rings. The summed E-state index contributed by atoms with van der Waals surface area (Å²) in [6, 6.07) is 3.38. The average molecular weight is 196 g/mol. The maximum Gasteiger partial charge on any atom is 0.191 e. The summed E-state index contributed by atoms with van der Waals surface area (Å²) in [5.41, 5.74) is -0.0343. The predicted octanol–water partition coefficient (Wildman–Crippen LogP) is 2.49. The molecule has 2 rings (SSSR count). The van der Waals surface area contributed by atoms with E-state index in [0.29, 0.717) is 0 Å². The van der Waals surface area contributed by atoms with Crippen molar-refractivity contribution in [3.63, 3.8) is 0 Å². The summed E-state index contributed by atoms with van der Waals surface area (Å²) in [6.45, 7) is -2.48. The van der Waals surface area contributed by atoms with E-state index in [9.17, 15) is 9.50 Å². The summed E-state index contributed by atoms with van der Waals surface area (Å²) in [7, 11) is 0. The molecule has 72 valence electrons. The summed E-state index contributed by atoms with van der Waals surface area (Å²) in [5, 5.41) is 9.23. The predicted molar refractivity (Wildman–Crippen MR) is 48.3 cm³/mol. The summed E-state index contributed by atoms with van der Waals surface area (Å²) in [4.78, 5) is 3.56. The van der Waals surface area contributed by atoms with Gasteiger partial charge in [0.15, 0.2) is 11.7 Å². The highest BCUT2D eigenvalue weighted by Crippen LogP contribution is 2.26. The molecule has 1 aromatic heterocycles. The van der Waals surface area contributed by atoms with E-state index in [1.54, 1.807) is 0 Å². The van der Waals surface area contributed by atoms with Crippen LogP contribution in [0.1, 0.15) is 10.0 Å². The van der Waals surface area contributed by atoms with Crippen molar-refractivity contribution < 1.29 is 18.0 Å². The third kappa shape index (κ3) is 1.46. The lowest BCUT2D eigenvalue weighted by molar-refractivity contribution is 0.472. The van der Waals surface area contributed by atoms with Crippen molar-refractivity contribution in [3.8, 4) is 17.1 Å². The zero-order valence-electron chi connectivity index (χ0n) is 9.99. The Kier molecular flexibility index (Phi) is 1.30. The molecule has 0 amide bonds. The van der Waals surface area contributed by atoms with Crippen LogP contribution < -0.4 is 0 Å². The average Bonchev–Trinajstić information content (AvgIpc) is 2.70. The molecule has 0 saturated carbocycles. The van der Waals surface area contributed by atoms with Crippen LogP contribution in [0.3, 0.4) is 0 Å². The minimum Gasteiger partial charge on any atom is -0.508 e. The fourth-order valence-electron chi connectivity index (χ4n) is 1.10. The number of benzene rings is 1. The molecule has 0 unspecified atom stereocenters. The number of phenols is 1. The number of oxazole rings is 1. The van der Waals surface area contributed by atoms with Crippen LogP contribution in [-0.4, -0.2) is 10.1 Å². The fourth-order valence-corrected chi connectivity index (χ4v) is 1.10. The summed E-state index contributed by atoms with van der Waals surface area (Å²) >= 11 is 0. The first-order valence-corrected chi connectivity index (χ1v) is 3.83. The molecule has 3 nitrogen and oxygen atoms in total. The van der Waals surface area contributed by atoms with Gasteiger partial charge in [0.1, 0.15) is 11.6 Å². The number of hydrogen-bond donors (Lipinski definition) is 1. The number of hydrogen-bond acceptors (Lipinski definition) is 3. The van der Waals surface area contributed by atoms with Crippen LogP contribution in [-0.2, 0) is 0 Å². The van der Waals surface area contributed by atoms with E-state index < -0.39 is 18.6 Å². The van der Waals surface area contributed by atoms with Gasteiger partial charge in [-0.1, -0.05) is 0 Å². The highest BCUT2D eigenvalue weighted by Gasteiger charge is 2.09. The number of aromatic hydroxyl groups is 1. The van der Waals surface area contributed by atoms with Gasteiger partial charge in [-0.2, -0.15) is 0 Å². The molecule has 14 heavy (non-hydrogen) atoms. The number of aryl methyl sites for hydroxylation is 1. The Bertz CT molecular complexity index is 551. The molecule has 0 aliphatic carbocycles. The molecule has 1 heterocycles. The Morgan fingerprint density at radius 2 is 2.43 bits per heavy atom. The molecular weight excluding hydrogens is 185 g/mol. The lowest BCUT2D eigenvalue weighted by Gasteiger charge is -1.99. The molecule has 0 aliphatic heterocycles. The number of phenolic OH excluding ortho intramolecular Hbond substituents is 1. The Hall–Kier alpha value is -1.84. The fraction of sp³-hybridized carbons (Fsp3) is 0.100. The zero-order chi connectivity index (χ0) is 12.6. The minimum absolute atomic E-state index is 0.0343. The van der Waals surface area contributed by atoms with Crippen molar-refractivity contribution in [2.45, 2.75) is 6.85 Å². The van der Waals surface area contributed by atoms with E-state index in [2.05, 4.69) is 4.98 Å². The summed E-state index contributed by atoms with van der Waals surface area (Å²) in [5.74, 6) is -1.27. The van der Waals surface area contributed by atoms with Crippen LogP contribution in [0.15, 0.2) is 28.8 Å². The second kappa shape index (κ2) is 3.14. The molecule has 0 fully saturated rings. The van der Waals surface area contributed by atoms with Crippen molar-refractivity contribution in [2.75, 3.05) is 0 Å². The van der Waals surface area contributed by atoms with Gasteiger partial charge in [0.05, 0.1) is 11.8 Å². The van der Waals surface area contributed by atoms with Crippen LogP contribution in [0.25, 0.3) is 11.3 Å². The van der Waals surface area contributed by atoms with Gasteiger partial charge >= 0.3 is 0 Å². The highest BCUT2D eigenvalue weighted by molar-refractivity contribution is 5.59. The van der Waals surface area contributed by atoms with Gasteiger partial charge in [0.2, 0.25) is 0 Å². The van der Waals surface area contributed by atoms with Gasteiger partial charge in [-0.3, -0.25) is 0 Å². The van der Waals surface area contributed by atoms with Crippen LogP contribution in [0.2, 0.25) is 0 Å². The third-order valence-electron chi connectivity index (χ3n) is 1.72. The lowest BCUT2D eigenvalue weighted by Crippen LogP contribution is -1.81. The van der Waals surface area contributed by atoms with Gasteiger partial charge < -0.3 is 9.52 Å². The second-order valence-electron chi connectivity index (χ2n) is 2.69. The minimum atomic E-state index is -2.48. The maximum absolute atomic E-state index is 13.4. The van der Waals surface area contributed by atoms with Gasteiger partial charge in [0.25, 0.3) is 0 Å². The first-order valence-electron chi connectivity index (χ1n) is 5.33. The molecule has 0 atom stereocenters. The zero-order valence-corrected chi connectivity index (χ0v) is 6.99. The number of aromatic nitrogens is 1. The van der Waals surface area contributed by atoms with Crippen LogP contribution >= 0.6 is 0 Å². The topological polar surface area (TPSA) is 46.3 Å². The van der Waals surface area contributed by atoms with E-state index in [0.717, 1.165) is 18.3 Å². The molecule has 0 radical (unpaired) electrons. The standard InChI is InChI=1S/C10H8FNO2/c1-6-12-5-10(14-6)8-4-7(13)2-3-9(8)11/h2-5,13H,1H3/i1D3. The molecular formula is C10H8FNO2. The summed E-state index contributed by atoms with van der Waals surface area (Å²) in [6.07, 6.45) is 1.11. The van der Waals surface area contributed by atoms with Crippen LogP contribution in [0.4, 0.5) is 4.39 Å². The Labute approximate surface area is 84.0 Å². The second-order valence-corrected chi connectivity index (χ2v) is 2.69. The SMILES string of the molecule is [2H]C([2H])([2H])c1ncc(-c2cc(O)ccc2F)o1. The molecule has 0 aliphatic rings. The van der Waals surface area contributed by atoms with E-state index >= 15 is 0 Å². The molecule has 1 N–H and O–H groups in total.